The highest BCUT2D eigenvalue weighted by atomic mass is 32.2. The van der Waals surface area contributed by atoms with Crippen LogP contribution in [-0.4, -0.2) is 26.4 Å². The van der Waals surface area contributed by atoms with E-state index >= 15 is 0 Å². The highest BCUT2D eigenvalue weighted by molar-refractivity contribution is 7.91. The van der Waals surface area contributed by atoms with Crippen molar-refractivity contribution in [2.45, 2.75) is 16.3 Å². The number of hydrogen-bond donors (Lipinski definition) is 1. The fraction of sp³-hybridized carbons (Fsp3) is 0.0909. The SMILES string of the molecule is COc1cc(F)ccc1S(=O)(=O)c1ccc(CNC(=O)c2cc3ccncc3s2)cc1. The van der Waals surface area contributed by atoms with Gasteiger partial charge in [-0.2, -0.15) is 0 Å². The average molecular weight is 457 g/mol. The normalized spacial score (nSPS) is 11.4. The molecule has 2 aromatic heterocycles. The predicted octanol–water partition coefficient (Wildman–Crippen LogP) is 4.21. The van der Waals surface area contributed by atoms with E-state index in [1.807, 2.05) is 12.1 Å². The maximum atomic E-state index is 13.4. The number of halogens is 1. The summed E-state index contributed by atoms with van der Waals surface area (Å²) in [5.41, 5.74) is 0.737. The van der Waals surface area contributed by atoms with Crippen LogP contribution in [0.15, 0.2) is 76.8 Å². The van der Waals surface area contributed by atoms with E-state index in [0.717, 1.165) is 27.8 Å². The summed E-state index contributed by atoms with van der Waals surface area (Å²) >= 11 is 1.36. The zero-order valence-electron chi connectivity index (χ0n) is 16.3. The van der Waals surface area contributed by atoms with Crippen LogP contribution in [0.3, 0.4) is 0 Å². The molecule has 158 valence electrons. The minimum Gasteiger partial charge on any atom is -0.495 e. The lowest BCUT2D eigenvalue weighted by molar-refractivity contribution is 0.0955. The molecule has 0 unspecified atom stereocenters. The van der Waals surface area contributed by atoms with Crippen molar-refractivity contribution in [3.8, 4) is 5.75 Å². The molecule has 4 rings (SSSR count). The van der Waals surface area contributed by atoms with E-state index in [1.54, 1.807) is 24.5 Å². The number of carbonyl (C=O) groups is 1. The molecule has 9 heteroatoms. The lowest BCUT2D eigenvalue weighted by atomic mass is 10.2. The molecular formula is C22H17FN2O4S2. The average Bonchev–Trinajstić information content (AvgIpc) is 3.22. The molecule has 0 atom stereocenters. The van der Waals surface area contributed by atoms with Crippen molar-refractivity contribution in [3.05, 3.63) is 83.2 Å². The summed E-state index contributed by atoms with van der Waals surface area (Å²) in [6.07, 6.45) is 3.39. The molecule has 0 fully saturated rings. The Morgan fingerprint density at radius 1 is 1.13 bits per heavy atom. The number of aromatic nitrogens is 1. The van der Waals surface area contributed by atoms with Crippen molar-refractivity contribution in [1.29, 1.82) is 0 Å². The van der Waals surface area contributed by atoms with Gasteiger partial charge in [0.1, 0.15) is 16.5 Å². The maximum absolute atomic E-state index is 13.4. The molecule has 1 amide bonds. The number of carbonyl (C=O) groups excluding carboxylic acids is 1. The van der Waals surface area contributed by atoms with Crippen molar-refractivity contribution in [2.75, 3.05) is 7.11 Å². The van der Waals surface area contributed by atoms with Gasteiger partial charge in [-0.15, -0.1) is 11.3 Å². The van der Waals surface area contributed by atoms with Crippen molar-refractivity contribution in [1.82, 2.24) is 10.3 Å². The van der Waals surface area contributed by atoms with Gasteiger partial charge in [-0.25, -0.2) is 12.8 Å². The molecule has 0 saturated heterocycles. The molecule has 2 aromatic carbocycles. The van der Waals surface area contributed by atoms with Gasteiger partial charge >= 0.3 is 0 Å². The number of nitrogens with one attached hydrogen (secondary N) is 1. The summed E-state index contributed by atoms with van der Waals surface area (Å²) in [7, 11) is -2.60. The molecule has 0 aliphatic rings. The van der Waals surface area contributed by atoms with Crippen LogP contribution in [0.2, 0.25) is 0 Å². The van der Waals surface area contributed by atoms with Gasteiger partial charge in [0.25, 0.3) is 5.91 Å². The Hall–Kier alpha value is -3.30. The zero-order chi connectivity index (χ0) is 22.0. The molecule has 1 N–H and O–H groups in total. The second kappa shape index (κ2) is 8.44. The summed E-state index contributed by atoms with van der Waals surface area (Å²) in [5.74, 6) is -0.861. The van der Waals surface area contributed by atoms with Gasteiger partial charge in [-0.1, -0.05) is 12.1 Å². The first-order valence-corrected chi connectivity index (χ1v) is 11.5. The van der Waals surface area contributed by atoms with E-state index in [0.29, 0.717) is 4.88 Å². The van der Waals surface area contributed by atoms with Crippen molar-refractivity contribution in [3.63, 3.8) is 0 Å². The molecule has 0 aliphatic heterocycles. The minimum atomic E-state index is -3.89. The predicted molar refractivity (Wildman–Crippen MR) is 116 cm³/mol. The molecule has 2 heterocycles. The Balaban J connectivity index is 1.48. The van der Waals surface area contributed by atoms with Crippen LogP contribution >= 0.6 is 11.3 Å². The molecule has 31 heavy (non-hydrogen) atoms. The maximum Gasteiger partial charge on any atom is 0.261 e. The number of pyridine rings is 1. The van der Waals surface area contributed by atoms with E-state index in [9.17, 15) is 17.6 Å². The number of rotatable bonds is 6. The van der Waals surface area contributed by atoms with Crippen LogP contribution in [0.5, 0.6) is 5.75 Å². The quantitative estimate of drug-likeness (QED) is 0.440. The molecule has 0 aliphatic carbocycles. The fourth-order valence-corrected chi connectivity index (χ4v) is 5.39. The van der Waals surface area contributed by atoms with E-state index in [4.69, 9.17) is 4.74 Å². The monoisotopic (exact) mass is 456 g/mol. The van der Waals surface area contributed by atoms with E-state index in [1.165, 1.54) is 36.6 Å². The molecule has 0 bridgehead atoms. The van der Waals surface area contributed by atoms with Crippen LogP contribution in [-0.2, 0) is 16.4 Å². The summed E-state index contributed by atoms with van der Waals surface area (Å²) in [6, 6.07) is 13.1. The number of thiophene rings is 1. The Labute approximate surface area is 182 Å². The van der Waals surface area contributed by atoms with Gasteiger partial charge in [0.05, 0.1) is 21.6 Å². The number of methoxy groups -OCH3 is 1. The van der Waals surface area contributed by atoms with Crippen molar-refractivity contribution in [2.24, 2.45) is 0 Å². The summed E-state index contributed by atoms with van der Waals surface area (Å²) in [6.45, 7) is 0.242. The van der Waals surface area contributed by atoms with Crippen molar-refractivity contribution >= 4 is 37.2 Å². The third kappa shape index (κ3) is 4.28. The van der Waals surface area contributed by atoms with Crippen LogP contribution in [0.4, 0.5) is 4.39 Å². The first kappa shape index (κ1) is 21.0. The Morgan fingerprint density at radius 3 is 2.61 bits per heavy atom. The van der Waals surface area contributed by atoms with Crippen LogP contribution < -0.4 is 10.1 Å². The third-order valence-corrected chi connectivity index (χ3v) is 7.54. The number of sulfone groups is 1. The third-order valence-electron chi connectivity index (χ3n) is 4.65. The van der Waals surface area contributed by atoms with Crippen LogP contribution in [0.1, 0.15) is 15.2 Å². The van der Waals surface area contributed by atoms with Gasteiger partial charge < -0.3 is 10.1 Å². The minimum absolute atomic E-state index is 0.0458. The lowest BCUT2D eigenvalue weighted by Crippen LogP contribution is -2.21. The number of ether oxygens (including phenoxy) is 1. The summed E-state index contributed by atoms with van der Waals surface area (Å²) in [4.78, 5) is 17.0. The smallest absolute Gasteiger partial charge is 0.261 e. The second-order valence-electron chi connectivity index (χ2n) is 6.65. The van der Waals surface area contributed by atoms with Crippen molar-refractivity contribution < 1.29 is 22.3 Å². The zero-order valence-corrected chi connectivity index (χ0v) is 18.0. The topological polar surface area (TPSA) is 85.4 Å². The Morgan fingerprint density at radius 2 is 1.90 bits per heavy atom. The Bertz CT molecular complexity index is 1330. The van der Waals surface area contributed by atoms with Gasteiger partial charge in [-0.3, -0.25) is 9.78 Å². The standard InChI is InChI=1S/C22H17FN2O4S2/c1-29-18-11-16(23)4-7-21(18)31(27,28)17-5-2-14(3-6-17)12-25-22(26)19-10-15-8-9-24-13-20(15)30-19/h2-11,13H,12H2,1H3,(H,25,26). The van der Waals surface area contributed by atoms with E-state index in [2.05, 4.69) is 10.3 Å². The molecule has 0 spiro atoms. The number of hydrogen-bond acceptors (Lipinski definition) is 6. The van der Waals surface area contributed by atoms with Gasteiger partial charge in [0.15, 0.2) is 0 Å². The van der Waals surface area contributed by atoms with Gasteiger partial charge in [0.2, 0.25) is 9.84 Å². The molecular weight excluding hydrogens is 439 g/mol. The van der Waals surface area contributed by atoms with Gasteiger partial charge in [0, 0.05) is 25.0 Å². The molecule has 4 aromatic rings. The number of fused-ring (bicyclic) bond motifs is 1. The lowest BCUT2D eigenvalue weighted by Gasteiger charge is -2.10. The number of amides is 1. The molecule has 0 radical (unpaired) electrons. The largest absolute Gasteiger partial charge is 0.495 e. The highest BCUT2D eigenvalue weighted by Crippen LogP contribution is 2.30. The molecule has 6 nitrogen and oxygen atoms in total. The van der Waals surface area contributed by atoms with E-state index in [-0.39, 0.29) is 28.0 Å². The number of nitrogens with zero attached hydrogens (tertiary/aromatic N) is 1. The molecule has 0 saturated carbocycles. The number of benzene rings is 2. The van der Waals surface area contributed by atoms with E-state index < -0.39 is 15.7 Å². The summed E-state index contributed by atoms with van der Waals surface area (Å²) < 4.78 is 45.1. The first-order chi connectivity index (χ1) is 14.9. The first-order valence-electron chi connectivity index (χ1n) is 9.18. The Kier molecular flexibility index (Phi) is 5.71. The fourth-order valence-electron chi connectivity index (χ4n) is 3.04. The van der Waals surface area contributed by atoms with Crippen LogP contribution in [0.25, 0.3) is 10.1 Å². The van der Waals surface area contributed by atoms with Crippen LogP contribution in [0, 0.1) is 5.82 Å². The highest BCUT2D eigenvalue weighted by Gasteiger charge is 2.22. The summed E-state index contributed by atoms with van der Waals surface area (Å²) in [5, 5.41) is 3.79. The van der Waals surface area contributed by atoms with Gasteiger partial charge in [-0.05, 0) is 47.3 Å². The second-order valence-corrected chi connectivity index (χ2v) is 9.65.